The van der Waals surface area contributed by atoms with Gasteiger partial charge in [0.05, 0.1) is 11.7 Å². The van der Waals surface area contributed by atoms with E-state index in [0.717, 1.165) is 11.3 Å². The van der Waals surface area contributed by atoms with Crippen molar-refractivity contribution in [3.05, 3.63) is 48.5 Å². The number of imidazole rings is 1. The van der Waals surface area contributed by atoms with Crippen molar-refractivity contribution in [1.82, 2.24) is 14.9 Å². The lowest BCUT2D eigenvalue weighted by molar-refractivity contribution is -0.125. The molecule has 1 N–H and O–H groups in total. The molecule has 0 bridgehead atoms. The van der Waals surface area contributed by atoms with Crippen LogP contribution in [0.4, 0.5) is 0 Å². The molecule has 21 heavy (non-hydrogen) atoms. The third kappa shape index (κ3) is 2.65. The molecule has 0 unspecified atom stereocenters. The van der Waals surface area contributed by atoms with Crippen LogP contribution in [0.25, 0.3) is 5.69 Å². The van der Waals surface area contributed by atoms with Gasteiger partial charge in [0.15, 0.2) is 0 Å². The second-order valence-electron chi connectivity index (χ2n) is 5.53. The van der Waals surface area contributed by atoms with Crippen molar-refractivity contribution in [1.29, 1.82) is 0 Å². The molecule has 0 spiro atoms. The predicted molar refractivity (Wildman–Crippen MR) is 82.6 cm³/mol. The molecular formula is C15H15Cl2N3O. The Labute approximate surface area is 133 Å². The highest BCUT2D eigenvalue weighted by atomic mass is 35.5. The zero-order valence-electron chi connectivity index (χ0n) is 11.5. The lowest BCUT2D eigenvalue weighted by Gasteiger charge is -2.13. The molecule has 0 radical (unpaired) electrons. The smallest absolute Gasteiger partial charge is 0.229 e. The van der Waals surface area contributed by atoms with Gasteiger partial charge in [0.2, 0.25) is 5.91 Å². The number of amides is 1. The van der Waals surface area contributed by atoms with E-state index in [4.69, 9.17) is 23.2 Å². The minimum atomic E-state index is -0.928. The van der Waals surface area contributed by atoms with Crippen molar-refractivity contribution in [2.75, 3.05) is 0 Å². The normalized spacial score (nSPS) is 22.8. The summed E-state index contributed by atoms with van der Waals surface area (Å²) in [6, 6.07) is 7.91. The van der Waals surface area contributed by atoms with E-state index in [0.29, 0.717) is 13.0 Å². The third-order valence-corrected chi connectivity index (χ3v) is 5.05. The Morgan fingerprint density at radius 1 is 1.38 bits per heavy atom. The average Bonchev–Trinajstić information content (AvgIpc) is 2.87. The molecular weight excluding hydrogens is 309 g/mol. The molecule has 1 amide bonds. The number of halogens is 2. The van der Waals surface area contributed by atoms with Crippen LogP contribution in [0.1, 0.15) is 18.9 Å². The Hall–Kier alpha value is -1.52. The monoisotopic (exact) mass is 323 g/mol. The molecule has 1 heterocycles. The van der Waals surface area contributed by atoms with Gasteiger partial charge >= 0.3 is 0 Å². The summed E-state index contributed by atoms with van der Waals surface area (Å²) in [5.41, 5.74) is 1.37. The predicted octanol–water partition coefficient (Wildman–Crippen LogP) is 3.07. The van der Waals surface area contributed by atoms with E-state index in [-0.39, 0.29) is 5.91 Å². The Morgan fingerprint density at radius 2 is 2.05 bits per heavy atom. The Balaban J connectivity index is 1.60. The number of benzene rings is 1. The van der Waals surface area contributed by atoms with Crippen LogP contribution >= 0.6 is 23.2 Å². The molecule has 1 aliphatic carbocycles. The molecule has 4 nitrogen and oxygen atoms in total. The van der Waals surface area contributed by atoms with Gasteiger partial charge in [0.25, 0.3) is 0 Å². The van der Waals surface area contributed by atoms with Crippen LogP contribution in [0, 0.1) is 5.41 Å². The van der Waals surface area contributed by atoms with Crippen LogP contribution in [0.15, 0.2) is 43.0 Å². The number of alkyl halides is 2. The highest BCUT2D eigenvalue weighted by Crippen LogP contribution is 2.63. The largest absolute Gasteiger partial charge is 0.351 e. The lowest BCUT2D eigenvalue weighted by atomic mass is 10.1. The molecule has 1 fully saturated rings. The maximum Gasteiger partial charge on any atom is 0.229 e. The van der Waals surface area contributed by atoms with E-state index in [1.165, 1.54) is 0 Å². The van der Waals surface area contributed by atoms with Crippen molar-refractivity contribution in [3.8, 4) is 5.69 Å². The maximum absolute atomic E-state index is 12.1. The van der Waals surface area contributed by atoms with Crippen LogP contribution in [0.2, 0.25) is 0 Å². The molecule has 0 saturated heterocycles. The molecule has 0 aliphatic heterocycles. The van der Waals surface area contributed by atoms with Gasteiger partial charge in [-0.2, -0.15) is 0 Å². The van der Waals surface area contributed by atoms with Crippen molar-refractivity contribution in [3.63, 3.8) is 0 Å². The van der Waals surface area contributed by atoms with Crippen LogP contribution in [-0.4, -0.2) is 19.8 Å². The molecule has 1 saturated carbocycles. The van der Waals surface area contributed by atoms with Gasteiger partial charge in [0.1, 0.15) is 4.33 Å². The molecule has 2 aromatic rings. The van der Waals surface area contributed by atoms with Crippen molar-refractivity contribution in [2.24, 2.45) is 5.41 Å². The molecule has 1 aromatic heterocycles. The zero-order chi connectivity index (χ0) is 15.1. The Morgan fingerprint density at radius 3 is 2.57 bits per heavy atom. The fourth-order valence-corrected chi connectivity index (χ4v) is 2.93. The van der Waals surface area contributed by atoms with Crippen LogP contribution < -0.4 is 5.32 Å². The number of nitrogens with one attached hydrogen (secondary N) is 1. The number of hydrogen-bond donors (Lipinski definition) is 1. The van der Waals surface area contributed by atoms with Gasteiger partial charge in [-0.15, -0.1) is 23.2 Å². The highest BCUT2D eigenvalue weighted by Gasteiger charge is 2.67. The van der Waals surface area contributed by atoms with Gasteiger partial charge in [-0.05, 0) is 31.0 Å². The van der Waals surface area contributed by atoms with E-state index in [1.807, 2.05) is 35.0 Å². The summed E-state index contributed by atoms with van der Waals surface area (Å²) in [5, 5.41) is 2.88. The lowest BCUT2D eigenvalue weighted by Crippen LogP contribution is -2.32. The Kier molecular flexibility index (Phi) is 3.46. The number of carbonyl (C=O) groups excluding carboxylic acids is 1. The number of carbonyl (C=O) groups is 1. The fraction of sp³-hybridized carbons (Fsp3) is 0.333. The first-order chi connectivity index (χ1) is 9.92. The van der Waals surface area contributed by atoms with E-state index < -0.39 is 9.75 Å². The van der Waals surface area contributed by atoms with Crippen molar-refractivity contribution < 1.29 is 4.79 Å². The summed E-state index contributed by atoms with van der Waals surface area (Å²) < 4.78 is 0.991. The van der Waals surface area contributed by atoms with Gasteiger partial charge < -0.3 is 9.88 Å². The summed E-state index contributed by atoms with van der Waals surface area (Å²) >= 11 is 12.0. The van der Waals surface area contributed by atoms with E-state index in [2.05, 4.69) is 10.3 Å². The first-order valence-electron chi connectivity index (χ1n) is 6.66. The summed E-state index contributed by atoms with van der Waals surface area (Å²) in [5.74, 6) is -0.105. The second kappa shape index (κ2) is 5.04. The summed E-state index contributed by atoms with van der Waals surface area (Å²) in [7, 11) is 0. The minimum Gasteiger partial charge on any atom is -0.351 e. The fourth-order valence-electron chi connectivity index (χ4n) is 2.22. The summed E-state index contributed by atoms with van der Waals surface area (Å²) in [6.45, 7) is 2.24. The molecule has 6 heteroatoms. The van der Waals surface area contributed by atoms with Crippen LogP contribution in [0.3, 0.4) is 0 Å². The number of nitrogens with zero attached hydrogens (tertiary/aromatic N) is 2. The summed E-state index contributed by atoms with van der Waals surface area (Å²) in [4.78, 5) is 16.1. The van der Waals surface area contributed by atoms with E-state index >= 15 is 0 Å². The number of aromatic nitrogens is 2. The highest BCUT2D eigenvalue weighted by molar-refractivity contribution is 6.53. The SMILES string of the molecule is C[C@]1(C(=O)NCc2ccc(-n3ccnc3)cc2)CC1(Cl)Cl. The summed E-state index contributed by atoms with van der Waals surface area (Å²) in [6.07, 6.45) is 5.85. The molecule has 1 aromatic carbocycles. The number of rotatable bonds is 4. The molecule has 3 rings (SSSR count). The molecule has 110 valence electrons. The number of hydrogen-bond acceptors (Lipinski definition) is 2. The van der Waals surface area contributed by atoms with Gasteiger partial charge in [0, 0.05) is 24.6 Å². The topological polar surface area (TPSA) is 46.9 Å². The average molecular weight is 324 g/mol. The van der Waals surface area contributed by atoms with E-state index in [1.54, 1.807) is 19.4 Å². The first-order valence-corrected chi connectivity index (χ1v) is 7.41. The Bertz CT molecular complexity index is 652. The van der Waals surface area contributed by atoms with Crippen molar-refractivity contribution in [2.45, 2.75) is 24.2 Å². The van der Waals surface area contributed by atoms with Crippen LogP contribution in [-0.2, 0) is 11.3 Å². The molecule has 1 atom stereocenters. The third-order valence-electron chi connectivity index (χ3n) is 3.95. The van der Waals surface area contributed by atoms with Crippen molar-refractivity contribution >= 4 is 29.1 Å². The van der Waals surface area contributed by atoms with Gasteiger partial charge in [-0.25, -0.2) is 4.98 Å². The zero-order valence-corrected chi connectivity index (χ0v) is 13.0. The minimum absolute atomic E-state index is 0.105. The standard InChI is InChI=1S/C15H15Cl2N3O/c1-14(9-15(14,16)17)13(21)19-8-11-2-4-12(5-3-11)20-7-6-18-10-20/h2-7,10H,8-9H2,1H3,(H,19,21)/t14-/m1/s1. The quantitative estimate of drug-likeness (QED) is 0.879. The maximum atomic E-state index is 12.1. The van der Waals surface area contributed by atoms with Gasteiger partial charge in [-0.3, -0.25) is 4.79 Å². The van der Waals surface area contributed by atoms with Crippen LogP contribution in [0.5, 0.6) is 0 Å². The van der Waals surface area contributed by atoms with E-state index in [9.17, 15) is 4.79 Å². The van der Waals surface area contributed by atoms with Gasteiger partial charge in [-0.1, -0.05) is 12.1 Å². The molecule has 1 aliphatic rings. The first kappa shape index (κ1) is 14.4. The second-order valence-corrected chi connectivity index (χ2v) is 7.02.